The molecule has 5 nitrogen and oxygen atoms in total. The molecule has 5 rings (SSSR count). The molecule has 1 aromatic heterocycles. The molecule has 4 aromatic rings. The van der Waals surface area contributed by atoms with Crippen LogP contribution in [-0.4, -0.2) is 28.6 Å². The summed E-state index contributed by atoms with van der Waals surface area (Å²) in [5, 5.41) is 0. The molecule has 31 heavy (non-hydrogen) atoms. The Morgan fingerprint density at radius 3 is 2.42 bits per heavy atom. The highest BCUT2D eigenvalue weighted by molar-refractivity contribution is 5.96. The lowest BCUT2D eigenvalue weighted by atomic mass is 10.1. The number of benzene rings is 3. The fourth-order valence-electron chi connectivity index (χ4n) is 4.31. The maximum absolute atomic E-state index is 12.8. The third kappa shape index (κ3) is 4.04. The average molecular weight is 412 g/mol. The van der Waals surface area contributed by atoms with Gasteiger partial charge in [-0.1, -0.05) is 48.5 Å². The van der Waals surface area contributed by atoms with Crippen LogP contribution in [0, 0.1) is 0 Å². The van der Waals surface area contributed by atoms with E-state index in [1.54, 1.807) is 0 Å². The van der Waals surface area contributed by atoms with E-state index in [0.717, 1.165) is 41.3 Å². The van der Waals surface area contributed by atoms with Gasteiger partial charge in [0.25, 0.3) is 0 Å². The highest BCUT2D eigenvalue weighted by Crippen LogP contribution is 2.33. The zero-order valence-corrected chi connectivity index (χ0v) is 17.4. The molecule has 0 aliphatic carbocycles. The lowest BCUT2D eigenvalue weighted by Crippen LogP contribution is -2.24. The first kappa shape index (κ1) is 19.4. The third-order valence-corrected chi connectivity index (χ3v) is 5.78. The SMILES string of the molecule is O=C1CC(c2nc3ccccc3n2CCCOc2ccccc2)CN1c1ccccc1. The minimum atomic E-state index is 0.0788. The number of carbonyl (C=O) groups is 1. The first-order chi connectivity index (χ1) is 15.3. The normalized spacial score (nSPS) is 16.2. The van der Waals surface area contributed by atoms with E-state index in [9.17, 15) is 4.79 Å². The third-order valence-electron chi connectivity index (χ3n) is 5.78. The summed E-state index contributed by atoms with van der Waals surface area (Å²) in [7, 11) is 0. The molecule has 5 heteroatoms. The predicted molar refractivity (Wildman–Crippen MR) is 122 cm³/mol. The van der Waals surface area contributed by atoms with Crippen LogP contribution in [0.5, 0.6) is 5.75 Å². The van der Waals surface area contributed by atoms with Crippen LogP contribution < -0.4 is 9.64 Å². The van der Waals surface area contributed by atoms with Crippen molar-refractivity contribution in [2.45, 2.75) is 25.3 Å². The molecular weight excluding hydrogens is 386 g/mol. The molecule has 1 aliphatic heterocycles. The summed E-state index contributed by atoms with van der Waals surface area (Å²) in [6.45, 7) is 2.10. The summed E-state index contributed by atoms with van der Waals surface area (Å²) in [5.41, 5.74) is 3.05. The van der Waals surface area contributed by atoms with Crippen molar-refractivity contribution in [1.29, 1.82) is 0 Å². The second-order valence-corrected chi connectivity index (χ2v) is 7.87. The highest BCUT2D eigenvalue weighted by atomic mass is 16.5. The molecule has 3 aromatic carbocycles. The smallest absolute Gasteiger partial charge is 0.227 e. The van der Waals surface area contributed by atoms with Crippen molar-refractivity contribution in [3.05, 3.63) is 90.8 Å². The summed E-state index contributed by atoms with van der Waals surface area (Å²) in [5.74, 6) is 2.11. The van der Waals surface area contributed by atoms with Crippen LogP contribution >= 0.6 is 0 Å². The van der Waals surface area contributed by atoms with Crippen molar-refractivity contribution in [2.24, 2.45) is 0 Å². The van der Waals surface area contributed by atoms with Gasteiger partial charge in [-0.15, -0.1) is 0 Å². The molecule has 0 saturated carbocycles. The fraction of sp³-hybridized carbons (Fsp3) is 0.231. The summed E-state index contributed by atoms with van der Waals surface area (Å²) >= 11 is 0. The van der Waals surface area contributed by atoms with Gasteiger partial charge in [-0.3, -0.25) is 4.79 Å². The number of imidazole rings is 1. The standard InChI is InChI=1S/C26H25N3O2/c30-25-18-20(19-29(25)21-10-3-1-4-11-21)26-27-23-14-7-8-15-24(23)28(26)16-9-17-31-22-12-5-2-6-13-22/h1-8,10-15,20H,9,16-19H2. The van der Waals surface area contributed by atoms with Crippen molar-refractivity contribution in [2.75, 3.05) is 18.1 Å². The Hall–Kier alpha value is -3.60. The zero-order valence-electron chi connectivity index (χ0n) is 17.4. The number of aromatic nitrogens is 2. The van der Waals surface area contributed by atoms with Crippen molar-refractivity contribution in [3.8, 4) is 5.75 Å². The van der Waals surface area contributed by atoms with E-state index >= 15 is 0 Å². The maximum atomic E-state index is 12.8. The monoisotopic (exact) mass is 411 g/mol. The lowest BCUT2D eigenvalue weighted by molar-refractivity contribution is -0.117. The number of nitrogens with zero attached hydrogens (tertiary/aromatic N) is 3. The van der Waals surface area contributed by atoms with Crippen molar-refractivity contribution >= 4 is 22.6 Å². The molecular formula is C26H25N3O2. The number of hydrogen-bond acceptors (Lipinski definition) is 3. The Morgan fingerprint density at radius 1 is 0.903 bits per heavy atom. The van der Waals surface area contributed by atoms with E-state index in [0.29, 0.717) is 19.6 Å². The number of carbonyl (C=O) groups excluding carboxylic acids is 1. The van der Waals surface area contributed by atoms with Gasteiger partial charge >= 0.3 is 0 Å². The largest absolute Gasteiger partial charge is 0.494 e. The van der Waals surface area contributed by atoms with Crippen LogP contribution in [0.3, 0.4) is 0 Å². The molecule has 2 heterocycles. The Kier molecular flexibility index (Phi) is 5.40. The fourth-order valence-corrected chi connectivity index (χ4v) is 4.31. The van der Waals surface area contributed by atoms with Crippen molar-refractivity contribution in [3.63, 3.8) is 0 Å². The summed E-state index contributed by atoms with van der Waals surface area (Å²) in [4.78, 5) is 19.6. The van der Waals surface area contributed by atoms with Crippen LogP contribution in [0.4, 0.5) is 5.69 Å². The molecule has 0 radical (unpaired) electrons. The average Bonchev–Trinajstić information content (AvgIpc) is 3.38. The second kappa shape index (κ2) is 8.64. The van der Waals surface area contributed by atoms with Crippen LogP contribution in [0.15, 0.2) is 84.9 Å². The summed E-state index contributed by atoms with van der Waals surface area (Å²) in [6, 6.07) is 28.0. The molecule has 0 spiro atoms. The molecule has 0 bridgehead atoms. The van der Waals surface area contributed by atoms with E-state index in [4.69, 9.17) is 9.72 Å². The Labute approximate surface area is 181 Å². The van der Waals surface area contributed by atoms with E-state index in [2.05, 4.69) is 10.6 Å². The van der Waals surface area contributed by atoms with E-state index < -0.39 is 0 Å². The van der Waals surface area contributed by atoms with Crippen LogP contribution in [0.2, 0.25) is 0 Å². The number of para-hydroxylation sites is 4. The minimum absolute atomic E-state index is 0.0788. The van der Waals surface area contributed by atoms with Gasteiger partial charge < -0.3 is 14.2 Å². The number of amides is 1. The minimum Gasteiger partial charge on any atom is -0.494 e. The van der Waals surface area contributed by atoms with Crippen LogP contribution in [0.1, 0.15) is 24.6 Å². The summed E-state index contributed by atoms with van der Waals surface area (Å²) in [6.07, 6.45) is 1.35. The molecule has 1 amide bonds. The number of hydrogen-bond donors (Lipinski definition) is 0. The zero-order chi connectivity index (χ0) is 21.0. The number of aryl methyl sites for hydroxylation is 1. The van der Waals surface area contributed by atoms with Crippen molar-refractivity contribution < 1.29 is 9.53 Å². The quantitative estimate of drug-likeness (QED) is 0.401. The molecule has 1 fully saturated rings. The van der Waals surface area contributed by atoms with Gasteiger partial charge in [0.05, 0.1) is 17.6 Å². The van der Waals surface area contributed by atoms with Gasteiger partial charge in [-0.2, -0.15) is 0 Å². The number of anilines is 1. The second-order valence-electron chi connectivity index (χ2n) is 7.87. The molecule has 156 valence electrons. The van der Waals surface area contributed by atoms with E-state index in [1.165, 1.54) is 0 Å². The van der Waals surface area contributed by atoms with E-state index in [-0.39, 0.29) is 11.8 Å². The highest BCUT2D eigenvalue weighted by Gasteiger charge is 2.34. The number of fused-ring (bicyclic) bond motifs is 1. The molecule has 1 saturated heterocycles. The number of rotatable bonds is 7. The Morgan fingerprint density at radius 2 is 1.61 bits per heavy atom. The van der Waals surface area contributed by atoms with Gasteiger partial charge in [-0.25, -0.2) is 4.98 Å². The number of ether oxygens (including phenoxy) is 1. The Balaban J connectivity index is 1.35. The first-order valence-corrected chi connectivity index (χ1v) is 10.8. The van der Waals surface area contributed by atoms with Gasteiger partial charge in [0.1, 0.15) is 11.6 Å². The molecule has 0 N–H and O–H groups in total. The molecule has 1 atom stereocenters. The molecule has 1 aliphatic rings. The van der Waals surface area contributed by atoms with Gasteiger partial charge in [0.15, 0.2) is 0 Å². The topological polar surface area (TPSA) is 47.4 Å². The van der Waals surface area contributed by atoms with E-state index in [1.807, 2.05) is 83.8 Å². The first-order valence-electron chi connectivity index (χ1n) is 10.8. The maximum Gasteiger partial charge on any atom is 0.227 e. The molecule has 1 unspecified atom stereocenters. The van der Waals surface area contributed by atoms with Crippen LogP contribution in [-0.2, 0) is 11.3 Å². The van der Waals surface area contributed by atoms with Gasteiger partial charge in [-0.05, 0) is 42.8 Å². The van der Waals surface area contributed by atoms with Gasteiger partial charge in [0, 0.05) is 31.1 Å². The Bertz CT molecular complexity index is 1170. The van der Waals surface area contributed by atoms with Gasteiger partial charge in [0.2, 0.25) is 5.91 Å². The van der Waals surface area contributed by atoms with Crippen LogP contribution in [0.25, 0.3) is 11.0 Å². The predicted octanol–water partition coefficient (Wildman–Crippen LogP) is 5.03. The van der Waals surface area contributed by atoms with Crippen molar-refractivity contribution in [1.82, 2.24) is 9.55 Å². The lowest BCUT2D eigenvalue weighted by Gasteiger charge is -2.17. The summed E-state index contributed by atoms with van der Waals surface area (Å²) < 4.78 is 8.15.